The third kappa shape index (κ3) is 4.19. The summed E-state index contributed by atoms with van der Waals surface area (Å²) >= 11 is 7.40. The Kier molecular flexibility index (Phi) is 5.43. The Morgan fingerprint density at radius 1 is 1.60 bits per heavy atom. The van der Waals surface area contributed by atoms with Crippen molar-refractivity contribution in [2.24, 2.45) is 5.92 Å². The predicted molar refractivity (Wildman–Crippen MR) is 82.0 cm³/mol. The Balaban J connectivity index is 1.82. The number of amides is 1. The molecule has 1 aliphatic rings. The van der Waals surface area contributed by atoms with Crippen LogP contribution in [0.3, 0.4) is 0 Å². The summed E-state index contributed by atoms with van der Waals surface area (Å²) < 4.78 is 0.750. The highest BCUT2D eigenvalue weighted by molar-refractivity contribution is 7.16. The Morgan fingerprint density at radius 3 is 2.95 bits per heavy atom. The zero-order valence-electron chi connectivity index (χ0n) is 11.9. The summed E-state index contributed by atoms with van der Waals surface area (Å²) in [4.78, 5) is 17.2. The Morgan fingerprint density at radius 2 is 2.35 bits per heavy atom. The molecule has 2 rings (SSSR count). The fourth-order valence-electron chi connectivity index (χ4n) is 2.43. The molecule has 1 aliphatic heterocycles. The molecule has 1 fully saturated rings. The van der Waals surface area contributed by atoms with Crippen LogP contribution in [0.4, 0.5) is 0 Å². The summed E-state index contributed by atoms with van der Waals surface area (Å²) in [7, 11) is 1.82. The number of piperidine rings is 1. The molecule has 0 bridgehead atoms. The standard InChI is InChI=1S/C14H21ClN2O2S/c1-10-7-17(6-5-12(10)18)9-14(19)16(2)8-11-3-4-13(15)20-11/h3-4,10,12,18H,5-9H2,1-2H3. The highest BCUT2D eigenvalue weighted by Gasteiger charge is 2.26. The monoisotopic (exact) mass is 316 g/mol. The number of hydrogen-bond donors (Lipinski definition) is 1. The van der Waals surface area contributed by atoms with E-state index >= 15 is 0 Å². The third-order valence-corrected chi connectivity index (χ3v) is 4.97. The van der Waals surface area contributed by atoms with Gasteiger partial charge in [-0.1, -0.05) is 18.5 Å². The predicted octanol–water partition coefficient (Wildman–Crippen LogP) is 2.06. The summed E-state index contributed by atoms with van der Waals surface area (Å²) in [6, 6.07) is 3.81. The summed E-state index contributed by atoms with van der Waals surface area (Å²) in [5.74, 6) is 0.344. The molecule has 6 heteroatoms. The van der Waals surface area contributed by atoms with E-state index in [1.165, 1.54) is 11.3 Å². The highest BCUT2D eigenvalue weighted by atomic mass is 35.5. The second kappa shape index (κ2) is 6.89. The largest absolute Gasteiger partial charge is 0.393 e. The first-order chi connectivity index (χ1) is 9.45. The molecule has 0 spiro atoms. The van der Waals surface area contributed by atoms with Crippen molar-refractivity contribution in [2.45, 2.75) is 26.0 Å². The van der Waals surface area contributed by atoms with E-state index in [-0.39, 0.29) is 17.9 Å². The van der Waals surface area contributed by atoms with Gasteiger partial charge in [0.25, 0.3) is 0 Å². The Hall–Kier alpha value is -0.620. The van der Waals surface area contributed by atoms with Crippen molar-refractivity contribution in [1.82, 2.24) is 9.80 Å². The number of carbonyl (C=O) groups is 1. The van der Waals surface area contributed by atoms with Gasteiger partial charge in [-0.15, -0.1) is 11.3 Å². The van der Waals surface area contributed by atoms with Crippen molar-refractivity contribution in [3.8, 4) is 0 Å². The zero-order valence-corrected chi connectivity index (χ0v) is 13.5. The van der Waals surface area contributed by atoms with E-state index in [4.69, 9.17) is 11.6 Å². The lowest BCUT2D eigenvalue weighted by molar-refractivity contribution is -0.132. The lowest BCUT2D eigenvalue weighted by Gasteiger charge is -2.34. The molecular formula is C14H21ClN2O2S. The number of carbonyl (C=O) groups excluding carboxylic acids is 1. The molecular weight excluding hydrogens is 296 g/mol. The number of likely N-dealkylation sites (N-methyl/N-ethyl adjacent to an activating group) is 1. The fraction of sp³-hybridized carbons (Fsp3) is 0.643. The maximum Gasteiger partial charge on any atom is 0.236 e. The van der Waals surface area contributed by atoms with Gasteiger partial charge in [0.05, 0.1) is 23.5 Å². The third-order valence-electron chi connectivity index (χ3n) is 3.75. The van der Waals surface area contributed by atoms with Crippen molar-refractivity contribution in [1.29, 1.82) is 0 Å². The minimum absolute atomic E-state index is 0.109. The quantitative estimate of drug-likeness (QED) is 0.924. The maximum atomic E-state index is 12.2. The summed E-state index contributed by atoms with van der Waals surface area (Å²) in [5.41, 5.74) is 0. The second-order valence-corrected chi connectivity index (χ2v) is 7.32. The number of thiophene rings is 1. The van der Waals surface area contributed by atoms with E-state index in [1.807, 2.05) is 26.1 Å². The number of halogens is 1. The molecule has 2 heterocycles. The van der Waals surface area contributed by atoms with Crippen LogP contribution in [0.5, 0.6) is 0 Å². The molecule has 0 aliphatic carbocycles. The van der Waals surface area contributed by atoms with Crippen molar-refractivity contribution >= 4 is 28.8 Å². The van der Waals surface area contributed by atoms with Crippen LogP contribution >= 0.6 is 22.9 Å². The molecule has 1 N–H and O–H groups in total. The smallest absolute Gasteiger partial charge is 0.236 e. The molecule has 1 aromatic heterocycles. The van der Waals surface area contributed by atoms with Crippen LogP contribution < -0.4 is 0 Å². The van der Waals surface area contributed by atoms with Crippen molar-refractivity contribution in [2.75, 3.05) is 26.7 Å². The van der Waals surface area contributed by atoms with E-state index in [2.05, 4.69) is 4.90 Å². The number of likely N-dealkylation sites (tertiary alicyclic amines) is 1. The fourth-order valence-corrected chi connectivity index (χ4v) is 3.57. The lowest BCUT2D eigenvalue weighted by Crippen LogP contribution is -2.46. The average molecular weight is 317 g/mol. The van der Waals surface area contributed by atoms with E-state index in [0.29, 0.717) is 13.1 Å². The minimum Gasteiger partial charge on any atom is -0.393 e. The van der Waals surface area contributed by atoms with E-state index in [0.717, 1.165) is 28.7 Å². The lowest BCUT2D eigenvalue weighted by atomic mass is 9.97. The first-order valence-corrected chi connectivity index (χ1v) is 8.03. The number of aliphatic hydroxyl groups is 1. The van der Waals surface area contributed by atoms with Crippen LogP contribution in [0.2, 0.25) is 4.34 Å². The van der Waals surface area contributed by atoms with Gasteiger partial charge in [-0.25, -0.2) is 0 Å². The molecule has 0 radical (unpaired) electrons. The molecule has 4 nitrogen and oxygen atoms in total. The maximum absolute atomic E-state index is 12.2. The SMILES string of the molecule is CC1CN(CC(=O)N(C)Cc2ccc(Cl)s2)CCC1O. The first-order valence-electron chi connectivity index (χ1n) is 6.84. The van der Waals surface area contributed by atoms with Gasteiger partial charge in [-0.3, -0.25) is 9.69 Å². The Labute approximate surface area is 128 Å². The van der Waals surface area contributed by atoms with Crippen molar-refractivity contribution < 1.29 is 9.90 Å². The number of rotatable bonds is 4. The van der Waals surface area contributed by atoms with E-state index in [1.54, 1.807) is 4.90 Å². The van der Waals surface area contributed by atoms with Gasteiger partial charge >= 0.3 is 0 Å². The highest BCUT2D eigenvalue weighted by Crippen LogP contribution is 2.22. The van der Waals surface area contributed by atoms with Gasteiger partial charge in [-0.2, -0.15) is 0 Å². The molecule has 0 aromatic carbocycles. The average Bonchev–Trinajstić information content (AvgIpc) is 2.79. The zero-order chi connectivity index (χ0) is 14.7. The van der Waals surface area contributed by atoms with Crippen molar-refractivity contribution in [3.63, 3.8) is 0 Å². The number of hydrogen-bond acceptors (Lipinski definition) is 4. The van der Waals surface area contributed by atoms with Crippen LogP contribution in [-0.2, 0) is 11.3 Å². The van der Waals surface area contributed by atoms with Gasteiger partial charge in [0, 0.05) is 25.0 Å². The normalized spacial score (nSPS) is 23.8. The molecule has 1 aromatic rings. The molecule has 112 valence electrons. The molecule has 20 heavy (non-hydrogen) atoms. The number of nitrogens with zero attached hydrogens (tertiary/aromatic N) is 2. The van der Waals surface area contributed by atoms with Gasteiger partial charge in [0.1, 0.15) is 0 Å². The van der Waals surface area contributed by atoms with Crippen LogP contribution in [0.15, 0.2) is 12.1 Å². The topological polar surface area (TPSA) is 43.8 Å². The van der Waals surface area contributed by atoms with Gasteiger partial charge < -0.3 is 10.0 Å². The van der Waals surface area contributed by atoms with E-state index < -0.39 is 0 Å². The van der Waals surface area contributed by atoms with Crippen molar-refractivity contribution in [3.05, 3.63) is 21.3 Å². The van der Waals surface area contributed by atoms with Crippen LogP contribution in [0.1, 0.15) is 18.2 Å². The summed E-state index contributed by atoms with van der Waals surface area (Å²) in [6.07, 6.45) is 0.519. The van der Waals surface area contributed by atoms with Crippen LogP contribution in [0, 0.1) is 5.92 Å². The van der Waals surface area contributed by atoms with Gasteiger partial charge in [0.2, 0.25) is 5.91 Å². The Bertz CT molecular complexity index is 466. The van der Waals surface area contributed by atoms with Crippen LogP contribution in [0.25, 0.3) is 0 Å². The summed E-state index contributed by atoms with van der Waals surface area (Å²) in [5, 5.41) is 9.70. The summed E-state index contributed by atoms with van der Waals surface area (Å²) in [6.45, 7) is 4.62. The molecule has 0 saturated carbocycles. The molecule has 2 unspecified atom stereocenters. The van der Waals surface area contributed by atoms with E-state index in [9.17, 15) is 9.90 Å². The van der Waals surface area contributed by atoms with Crippen LogP contribution in [-0.4, -0.2) is 53.6 Å². The number of aliphatic hydroxyl groups excluding tert-OH is 1. The molecule has 1 amide bonds. The first kappa shape index (κ1) is 15.8. The molecule has 2 atom stereocenters. The van der Waals surface area contributed by atoms with Gasteiger partial charge in [0.15, 0.2) is 0 Å². The van der Waals surface area contributed by atoms with Gasteiger partial charge in [-0.05, 0) is 24.5 Å². The minimum atomic E-state index is -0.229. The molecule has 1 saturated heterocycles. The second-order valence-electron chi connectivity index (χ2n) is 5.52.